The lowest BCUT2D eigenvalue weighted by Gasteiger charge is -2.20. The highest BCUT2D eigenvalue weighted by Crippen LogP contribution is 2.24. The topological polar surface area (TPSA) is 105 Å². The second-order valence-electron chi connectivity index (χ2n) is 5.27. The molecule has 122 valence electrons. The third-order valence-electron chi connectivity index (χ3n) is 3.38. The summed E-state index contributed by atoms with van der Waals surface area (Å²) < 4.78 is 3.73. The number of hydrogen-bond acceptors (Lipinski definition) is 4. The number of carbonyl (C=O) groups is 2. The smallest absolute Gasteiger partial charge is 0.333 e. The maximum atomic E-state index is 11.8. The molecule has 0 spiro atoms. The Labute approximate surface area is 142 Å². The van der Waals surface area contributed by atoms with E-state index in [4.69, 9.17) is 15.9 Å². The number of amidine groups is 1. The predicted octanol–water partition coefficient (Wildman–Crippen LogP) is 1.96. The lowest BCUT2D eigenvalue weighted by atomic mass is 10.0. The number of esters is 1. The molecule has 1 aromatic carbocycles. The van der Waals surface area contributed by atoms with E-state index in [-0.39, 0.29) is 11.7 Å². The molecule has 0 aromatic heterocycles. The number of rotatable bonds is 7. The van der Waals surface area contributed by atoms with E-state index in [9.17, 15) is 9.59 Å². The zero-order valence-electron chi connectivity index (χ0n) is 12.5. The number of unbranched alkanes of at least 4 members (excludes halogenated alkanes) is 1. The molecule has 1 aliphatic heterocycles. The third-order valence-corrected chi connectivity index (χ3v) is 4.00. The van der Waals surface area contributed by atoms with Gasteiger partial charge in [-0.15, -0.1) is 0 Å². The second kappa shape index (κ2) is 7.41. The lowest BCUT2D eigenvalue weighted by molar-refractivity contribution is -0.143. The normalized spacial score (nSPS) is 19.4. The molecular weight excluding hydrogens is 362 g/mol. The number of cyclic esters (lactones) is 1. The number of halogens is 1. The molecule has 2 rings (SSSR count). The van der Waals surface area contributed by atoms with Gasteiger partial charge in [-0.05, 0) is 46.8 Å². The molecule has 1 unspecified atom stereocenters. The minimum atomic E-state index is -1.20. The summed E-state index contributed by atoms with van der Waals surface area (Å²) in [4.78, 5) is 22.9. The number of nitrogen functional groups attached to an aromatic ring is 1. The molecule has 0 saturated carbocycles. The van der Waals surface area contributed by atoms with E-state index in [2.05, 4.69) is 21.2 Å². The molecule has 0 radical (unpaired) electrons. The van der Waals surface area contributed by atoms with Gasteiger partial charge in [0.15, 0.2) is 0 Å². The van der Waals surface area contributed by atoms with E-state index in [1.165, 1.54) is 12.2 Å². The van der Waals surface area contributed by atoms with Gasteiger partial charge in [0.2, 0.25) is 5.91 Å². The Bertz CT molecular complexity index is 642. The van der Waals surface area contributed by atoms with Gasteiger partial charge < -0.3 is 15.8 Å². The van der Waals surface area contributed by atoms with E-state index < -0.39 is 10.6 Å². The maximum Gasteiger partial charge on any atom is 0.333 e. The van der Waals surface area contributed by atoms with Gasteiger partial charge in [-0.3, -0.25) is 10.2 Å². The molecule has 0 aliphatic carbocycles. The van der Waals surface area contributed by atoms with Gasteiger partial charge in [0.1, 0.15) is 5.84 Å². The predicted molar refractivity (Wildman–Crippen MR) is 90.0 cm³/mol. The second-order valence-corrected chi connectivity index (χ2v) is 6.44. The molecule has 1 atom stereocenters. The highest BCUT2D eigenvalue weighted by molar-refractivity contribution is 9.10. The number of alkyl halides is 1. The van der Waals surface area contributed by atoms with Crippen LogP contribution in [0.15, 0.2) is 36.4 Å². The Hall–Kier alpha value is -2.15. The van der Waals surface area contributed by atoms with Crippen molar-refractivity contribution in [2.24, 2.45) is 5.73 Å². The maximum absolute atomic E-state index is 11.8. The van der Waals surface area contributed by atoms with Gasteiger partial charge in [-0.2, -0.15) is 0 Å². The van der Waals surface area contributed by atoms with Crippen LogP contribution in [0.2, 0.25) is 0 Å². The number of nitrogens with two attached hydrogens (primary N) is 1. The molecule has 1 aromatic rings. The fraction of sp³-hybridized carbons (Fsp3) is 0.312. The SMILES string of the molecule is N=C(N)c1ccc(CCCCC(=O)NC2(Br)C=CC(=O)O2)cc1. The van der Waals surface area contributed by atoms with Crippen LogP contribution in [0.3, 0.4) is 0 Å². The Kier molecular flexibility index (Phi) is 5.54. The van der Waals surface area contributed by atoms with Gasteiger partial charge in [-0.25, -0.2) is 4.79 Å². The average Bonchev–Trinajstić information content (AvgIpc) is 2.83. The Morgan fingerprint density at radius 2 is 2.00 bits per heavy atom. The number of benzene rings is 1. The van der Waals surface area contributed by atoms with Gasteiger partial charge >= 0.3 is 5.97 Å². The summed E-state index contributed by atoms with van der Waals surface area (Å²) in [7, 11) is 0. The Balaban J connectivity index is 1.69. The van der Waals surface area contributed by atoms with Crippen LogP contribution in [0.5, 0.6) is 0 Å². The highest BCUT2D eigenvalue weighted by Gasteiger charge is 2.33. The summed E-state index contributed by atoms with van der Waals surface area (Å²) in [5, 5.41) is 9.95. The number of carbonyl (C=O) groups excluding carboxylic acids is 2. The quantitative estimate of drug-likeness (QED) is 0.168. The molecule has 1 aliphatic rings. The summed E-state index contributed by atoms with van der Waals surface area (Å²) in [5.41, 5.74) is 7.25. The lowest BCUT2D eigenvalue weighted by Crippen LogP contribution is -2.42. The summed E-state index contributed by atoms with van der Waals surface area (Å²) in [6, 6.07) is 7.51. The van der Waals surface area contributed by atoms with E-state index in [0.29, 0.717) is 12.0 Å². The van der Waals surface area contributed by atoms with E-state index in [1.807, 2.05) is 24.3 Å². The largest absolute Gasteiger partial charge is 0.422 e. The molecule has 7 heteroatoms. The van der Waals surface area contributed by atoms with Gasteiger partial charge in [0, 0.05) is 18.1 Å². The number of aryl methyl sites for hydroxylation is 1. The highest BCUT2D eigenvalue weighted by atomic mass is 79.9. The molecular formula is C16H18BrN3O3. The van der Waals surface area contributed by atoms with Crippen molar-refractivity contribution >= 4 is 33.6 Å². The van der Waals surface area contributed by atoms with Crippen molar-refractivity contribution in [3.63, 3.8) is 0 Å². The van der Waals surface area contributed by atoms with Crippen molar-refractivity contribution in [3.05, 3.63) is 47.5 Å². The fourth-order valence-electron chi connectivity index (χ4n) is 2.18. The van der Waals surface area contributed by atoms with Crippen molar-refractivity contribution in [1.82, 2.24) is 5.32 Å². The Morgan fingerprint density at radius 3 is 2.57 bits per heavy atom. The summed E-state index contributed by atoms with van der Waals surface area (Å²) in [6.07, 6.45) is 5.51. The van der Waals surface area contributed by atoms with E-state index in [0.717, 1.165) is 24.8 Å². The van der Waals surface area contributed by atoms with Crippen LogP contribution in [0.4, 0.5) is 0 Å². The fourth-order valence-corrected chi connectivity index (χ4v) is 2.69. The number of ether oxygens (including phenoxy) is 1. The molecule has 4 N–H and O–H groups in total. The summed E-state index contributed by atoms with van der Waals surface area (Å²) >= 11 is 3.16. The molecule has 1 heterocycles. The van der Waals surface area contributed by atoms with Crippen LogP contribution in [-0.2, 0) is 20.7 Å². The van der Waals surface area contributed by atoms with Crippen LogP contribution in [0.1, 0.15) is 30.4 Å². The van der Waals surface area contributed by atoms with Crippen LogP contribution < -0.4 is 11.1 Å². The summed E-state index contributed by atoms with van der Waals surface area (Å²) in [6.45, 7) is 0. The molecule has 0 fully saturated rings. The Morgan fingerprint density at radius 1 is 1.30 bits per heavy atom. The molecule has 23 heavy (non-hydrogen) atoms. The number of nitrogens with one attached hydrogen (secondary N) is 2. The minimum Gasteiger partial charge on any atom is -0.422 e. The van der Waals surface area contributed by atoms with Crippen LogP contribution in [-0.4, -0.2) is 22.3 Å². The minimum absolute atomic E-state index is 0.0542. The van der Waals surface area contributed by atoms with E-state index >= 15 is 0 Å². The number of amides is 1. The van der Waals surface area contributed by atoms with Crippen molar-refractivity contribution in [3.8, 4) is 0 Å². The first kappa shape index (κ1) is 17.2. The molecule has 1 amide bonds. The van der Waals surface area contributed by atoms with Crippen molar-refractivity contribution in [1.29, 1.82) is 5.41 Å². The molecule has 0 bridgehead atoms. The van der Waals surface area contributed by atoms with Crippen molar-refractivity contribution in [2.75, 3.05) is 0 Å². The van der Waals surface area contributed by atoms with Crippen LogP contribution >= 0.6 is 15.9 Å². The van der Waals surface area contributed by atoms with Gasteiger partial charge in [-0.1, -0.05) is 24.3 Å². The first-order chi connectivity index (χ1) is 10.9. The van der Waals surface area contributed by atoms with Gasteiger partial charge in [0.05, 0.1) is 0 Å². The molecule has 6 nitrogen and oxygen atoms in total. The van der Waals surface area contributed by atoms with Crippen LogP contribution in [0, 0.1) is 5.41 Å². The summed E-state index contributed by atoms with van der Waals surface area (Å²) in [5.74, 6) is -0.622. The standard InChI is InChI=1S/C16H18BrN3O3/c17-16(10-9-14(22)23-16)20-13(21)4-2-1-3-11-5-7-12(8-6-11)15(18)19/h5-10H,1-4H2,(H3,18,19)(H,20,21). The van der Waals surface area contributed by atoms with Crippen LogP contribution in [0.25, 0.3) is 0 Å². The zero-order chi connectivity index (χ0) is 16.9. The zero-order valence-corrected chi connectivity index (χ0v) is 14.1. The van der Waals surface area contributed by atoms with Crippen molar-refractivity contribution < 1.29 is 14.3 Å². The monoisotopic (exact) mass is 379 g/mol. The molecule has 0 saturated heterocycles. The van der Waals surface area contributed by atoms with Gasteiger partial charge in [0.25, 0.3) is 4.63 Å². The van der Waals surface area contributed by atoms with Crippen molar-refractivity contribution in [2.45, 2.75) is 30.3 Å². The third kappa shape index (κ3) is 5.21. The number of hydrogen-bond donors (Lipinski definition) is 3. The first-order valence-corrected chi connectivity index (χ1v) is 8.03. The first-order valence-electron chi connectivity index (χ1n) is 7.23. The average molecular weight is 380 g/mol. The van der Waals surface area contributed by atoms with E-state index in [1.54, 1.807) is 0 Å².